The van der Waals surface area contributed by atoms with Crippen molar-refractivity contribution < 1.29 is 31.2 Å². The number of sulfonamides is 1. The molecule has 2 rings (SSSR count). The Hall–Kier alpha value is -2.50. The maximum absolute atomic E-state index is 13.6. The number of hydrogen-bond donors (Lipinski definition) is 1. The number of carbonyl (C=O) groups is 2. The molecule has 0 saturated carbocycles. The van der Waals surface area contributed by atoms with Crippen molar-refractivity contribution in [3.63, 3.8) is 0 Å². The Bertz CT molecular complexity index is 1220. The number of carbonyl (C=O) groups excluding carboxylic acids is 2. The highest BCUT2D eigenvalue weighted by molar-refractivity contribution is 7.92. The lowest BCUT2D eigenvalue weighted by molar-refractivity contribution is -0.140. The van der Waals surface area contributed by atoms with Gasteiger partial charge in [-0.1, -0.05) is 42.3 Å². The first kappa shape index (κ1) is 30.7. The van der Waals surface area contributed by atoms with Crippen molar-refractivity contribution in [1.29, 1.82) is 0 Å². The molecule has 204 valence electrons. The van der Waals surface area contributed by atoms with Crippen LogP contribution in [0.25, 0.3) is 0 Å². The van der Waals surface area contributed by atoms with Gasteiger partial charge < -0.3 is 10.2 Å². The molecule has 0 radical (unpaired) electrons. The van der Waals surface area contributed by atoms with E-state index in [2.05, 4.69) is 5.32 Å². The van der Waals surface area contributed by atoms with Crippen LogP contribution in [-0.4, -0.2) is 50.0 Å². The van der Waals surface area contributed by atoms with Crippen molar-refractivity contribution in [1.82, 2.24) is 10.2 Å². The van der Waals surface area contributed by atoms with E-state index in [1.54, 1.807) is 39.0 Å². The number of benzene rings is 2. The molecule has 0 aromatic heterocycles. The maximum Gasteiger partial charge on any atom is 0.416 e. The van der Waals surface area contributed by atoms with Crippen LogP contribution in [0.3, 0.4) is 0 Å². The van der Waals surface area contributed by atoms with Gasteiger partial charge in [0.15, 0.2) is 0 Å². The lowest BCUT2D eigenvalue weighted by Crippen LogP contribution is -2.53. The first-order valence-corrected chi connectivity index (χ1v) is 13.8. The fourth-order valence-electron chi connectivity index (χ4n) is 3.61. The van der Waals surface area contributed by atoms with Crippen molar-refractivity contribution in [3.05, 3.63) is 63.6 Å². The minimum absolute atomic E-state index is 0.162. The first-order valence-electron chi connectivity index (χ1n) is 11.2. The Morgan fingerprint density at radius 1 is 1.05 bits per heavy atom. The average Bonchev–Trinajstić information content (AvgIpc) is 2.77. The molecule has 2 aromatic rings. The topological polar surface area (TPSA) is 86.8 Å². The third kappa shape index (κ3) is 8.24. The summed E-state index contributed by atoms with van der Waals surface area (Å²) in [7, 11) is -4.20. The van der Waals surface area contributed by atoms with Gasteiger partial charge in [0.25, 0.3) is 0 Å². The zero-order valence-corrected chi connectivity index (χ0v) is 23.0. The van der Waals surface area contributed by atoms with Crippen LogP contribution < -0.4 is 9.62 Å². The fourth-order valence-corrected chi connectivity index (χ4v) is 4.96. The molecule has 13 heteroatoms. The van der Waals surface area contributed by atoms with E-state index in [1.165, 1.54) is 0 Å². The standard InChI is InChI=1S/C24H28Cl2F3N3O4S/c1-5-21(23(34)30-15(2)3)31(13-18-19(25)10-7-11-20(18)26)22(33)14-32(37(4,35)36)17-9-6-8-16(12-17)24(27,28)29/h6-12,15,21H,5,13-14H2,1-4H3,(H,30,34)/t21-/m1/s1. The molecular formula is C24H28Cl2F3N3O4S. The molecule has 0 saturated heterocycles. The molecule has 7 nitrogen and oxygen atoms in total. The Labute approximate surface area is 224 Å². The summed E-state index contributed by atoms with van der Waals surface area (Å²) < 4.78 is 65.6. The van der Waals surface area contributed by atoms with Gasteiger partial charge in [0.05, 0.1) is 17.5 Å². The molecule has 0 aliphatic heterocycles. The zero-order valence-electron chi connectivity index (χ0n) is 20.6. The molecule has 2 amide bonds. The molecule has 1 N–H and O–H groups in total. The largest absolute Gasteiger partial charge is 0.416 e. The summed E-state index contributed by atoms with van der Waals surface area (Å²) in [6.45, 7) is 4.05. The van der Waals surface area contributed by atoms with Crippen molar-refractivity contribution in [2.75, 3.05) is 17.1 Å². The van der Waals surface area contributed by atoms with Gasteiger partial charge in [-0.2, -0.15) is 13.2 Å². The molecule has 0 bridgehead atoms. The smallest absolute Gasteiger partial charge is 0.352 e. The lowest BCUT2D eigenvalue weighted by Gasteiger charge is -2.33. The highest BCUT2D eigenvalue weighted by Gasteiger charge is 2.34. The van der Waals surface area contributed by atoms with Gasteiger partial charge in [-0.3, -0.25) is 13.9 Å². The Balaban J connectivity index is 2.55. The van der Waals surface area contributed by atoms with Crippen LogP contribution in [0.1, 0.15) is 38.3 Å². The average molecular weight is 582 g/mol. The second kappa shape index (κ2) is 12.4. The van der Waals surface area contributed by atoms with E-state index in [4.69, 9.17) is 23.2 Å². The Morgan fingerprint density at radius 3 is 2.11 bits per heavy atom. The summed E-state index contributed by atoms with van der Waals surface area (Å²) in [5, 5.41) is 3.18. The third-order valence-corrected chi connectivity index (χ3v) is 7.20. The van der Waals surface area contributed by atoms with Crippen LogP contribution in [0, 0.1) is 0 Å². The molecule has 0 aliphatic rings. The molecule has 1 atom stereocenters. The van der Waals surface area contributed by atoms with Gasteiger partial charge in [-0.15, -0.1) is 0 Å². The number of nitrogens with zero attached hydrogens (tertiary/aromatic N) is 2. The zero-order chi connectivity index (χ0) is 28.1. The van der Waals surface area contributed by atoms with Crippen LogP contribution in [0.4, 0.5) is 18.9 Å². The minimum Gasteiger partial charge on any atom is -0.352 e. The molecule has 37 heavy (non-hydrogen) atoms. The number of alkyl halides is 3. The van der Waals surface area contributed by atoms with Gasteiger partial charge in [-0.05, 0) is 50.6 Å². The van der Waals surface area contributed by atoms with Gasteiger partial charge >= 0.3 is 6.18 Å². The monoisotopic (exact) mass is 581 g/mol. The van der Waals surface area contributed by atoms with Gasteiger partial charge in [-0.25, -0.2) is 8.42 Å². The first-order chi connectivity index (χ1) is 17.1. The predicted molar refractivity (Wildman–Crippen MR) is 138 cm³/mol. The summed E-state index contributed by atoms with van der Waals surface area (Å²) in [5.74, 6) is -1.32. The Morgan fingerprint density at radius 2 is 1.62 bits per heavy atom. The van der Waals surface area contributed by atoms with E-state index in [1.807, 2.05) is 0 Å². The molecule has 0 spiro atoms. The van der Waals surface area contributed by atoms with E-state index >= 15 is 0 Å². The van der Waals surface area contributed by atoms with E-state index in [0.29, 0.717) is 15.9 Å². The minimum atomic E-state index is -4.72. The molecule has 2 aromatic carbocycles. The van der Waals surface area contributed by atoms with E-state index in [9.17, 15) is 31.2 Å². The van der Waals surface area contributed by atoms with Crippen LogP contribution in [0.2, 0.25) is 10.0 Å². The molecule has 0 aliphatic carbocycles. The van der Waals surface area contributed by atoms with Gasteiger partial charge in [0.1, 0.15) is 12.6 Å². The van der Waals surface area contributed by atoms with Gasteiger partial charge in [0, 0.05) is 28.2 Å². The molecule has 0 unspecified atom stereocenters. The summed E-state index contributed by atoms with van der Waals surface area (Å²) >= 11 is 12.6. The number of anilines is 1. The fraction of sp³-hybridized carbons (Fsp3) is 0.417. The summed E-state index contributed by atoms with van der Waals surface area (Å²) in [6, 6.07) is 7.05. The van der Waals surface area contributed by atoms with Crippen LogP contribution in [0.15, 0.2) is 42.5 Å². The number of amides is 2. The molecule has 0 heterocycles. The second-order valence-electron chi connectivity index (χ2n) is 8.63. The summed E-state index contributed by atoms with van der Waals surface area (Å²) in [6.07, 6.45) is -3.79. The SMILES string of the molecule is CC[C@H](C(=O)NC(C)C)N(Cc1c(Cl)cccc1Cl)C(=O)CN(c1cccc(C(F)(F)F)c1)S(C)(=O)=O. The quantitative estimate of drug-likeness (QED) is 0.422. The van der Waals surface area contributed by atoms with E-state index in [-0.39, 0.29) is 34.7 Å². The van der Waals surface area contributed by atoms with Crippen molar-refractivity contribution >= 4 is 50.7 Å². The number of rotatable bonds is 10. The van der Waals surface area contributed by atoms with Crippen molar-refractivity contribution in [2.24, 2.45) is 0 Å². The number of nitrogens with one attached hydrogen (secondary N) is 1. The van der Waals surface area contributed by atoms with Crippen molar-refractivity contribution in [3.8, 4) is 0 Å². The van der Waals surface area contributed by atoms with Crippen LogP contribution >= 0.6 is 23.2 Å². The highest BCUT2D eigenvalue weighted by Crippen LogP contribution is 2.32. The highest BCUT2D eigenvalue weighted by atomic mass is 35.5. The summed E-state index contributed by atoms with van der Waals surface area (Å²) in [5.41, 5.74) is -1.09. The summed E-state index contributed by atoms with van der Waals surface area (Å²) in [4.78, 5) is 27.7. The molecule has 0 fully saturated rings. The van der Waals surface area contributed by atoms with E-state index < -0.39 is 46.2 Å². The maximum atomic E-state index is 13.6. The van der Waals surface area contributed by atoms with Crippen LogP contribution in [0.5, 0.6) is 0 Å². The number of halogens is 5. The Kier molecular flexibility index (Phi) is 10.3. The second-order valence-corrected chi connectivity index (χ2v) is 11.3. The molecular weight excluding hydrogens is 554 g/mol. The van der Waals surface area contributed by atoms with Crippen molar-refractivity contribution in [2.45, 2.75) is 52.0 Å². The number of hydrogen-bond acceptors (Lipinski definition) is 4. The predicted octanol–water partition coefficient (Wildman–Crippen LogP) is 5.11. The normalized spacial score (nSPS) is 12.8. The third-order valence-electron chi connectivity index (χ3n) is 5.35. The van der Waals surface area contributed by atoms with Crippen LogP contribution in [-0.2, 0) is 32.3 Å². The lowest BCUT2D eigenvalue weighted by atomic mass is 10.1. The van der Waals surface area contributed by atoms with E-state index in [0.717, 1.165) is 29.4 Å². The van der Waals surface area contributed by atoms with Gasteiger partial charge in [0.2, 0.25) is 21.8 Å².